The second-order valence-electron chi connectivity index (χ2n) is 6.66. The SMILES string of the molecule is COc1ccc(S(=O)(=O)N[C@@H](C)c2ccccc2C)cc1N1C(=O)CCC1=O. The van der Waals surface area contributed by atoms with Crippen LogP contribution in [-0.2, 0) is 19.6 Å². The third-order valence-electron chi connectivity index (χ3n) is 4.74. The van der Waals surface area contributed by atoms with Gasteiger partial charge in [0.1, 0.15) is 5.75 Å². The normalized spacial score (nSPS) is 15.8. The van der Waals surface area contributed by atoms with Crippen molar-refractivity contribution in [1.82, 2.24) is 4.72 Å². The first-order valence-electron chi connectivity index (χ1n) is 8.86. The van der Waals surface area contributed by atoms with Gasteiger partial charge in [0.05, 0.1) is 17.7 Å². The number of hydrogen-bond donors (Lipinski definition) is 1. The molecule has 2 aromatic rings. The molecule has 28 heavy (non-hydrogen) atoms. The lowest BCUT2D eigenvalue weighted by molar-refractivity contribution is -0.121. The number of sulfonamides is 1. The summed E-state index contributed by atoms with van der Waals surface area (Å²) in [5.74, 6) is -0.493. The fourth-order valence-electron chi connectivity index (χ4n) is 3.29. The Morgan fingerprint density at radius 2 is 1.71 bits per heavy atom. The first-order chi connectivity index (χ1) is 13.2. The van der Waals surface area contributed by atoms with E-state index in [4.69, 9.17) is 4.74 Å². The van der Waals surface area contributed by atoms with Crippen LogP contribution in [0, 0.1) is 6.92 Å². The zero-order chi connectivity index (χ0) is 20.5. The Hall–Kier alpha value is -2.71. The van der Waals surface area contributed by atoms with Crippen LogP contribution in [0.25, 0.3) is 0 Å². The van der Waals surface area contributed by atoms with Gasteiger partial charge >= 0.3 is 0 Å². The molecule has 0 radical (unpaired) electrons. The molecule has 0 aromatic heterocycles. The minimum atomic E-state index is -3.89. The van der Waals surface area contributed by atoms with Crippen molar-refractivity contribution in [1.29, 1.82) is 0 Å². The van der Waals surface area contributed by atoms with E-state index in [-0.39, 0.29) is 41.0 Å². The number of rotatable bonds is 6. The summed E-state index contributed by atoms with van der Waals surface area (Å²) in [7, 11) is -2.49. The van der Waals surface area contributed by atoms with Gasteiger partial charge in [-0.15, -0.1) is 0 Å². The number of hydrogen-bond acceptors (Lipinski definition) is 5. The molecule has 1 heterocycles. The summed E-state index contributed by atoms with van der Waals surface area (Å²) in [6.07, 6.45) is 0.197. The highest BCUT2D eigenvalue weighted by Gasteiger charge is 2.33. The predicted molar refractivity (Wildman–Crippen MR) is 105 cm³/mol. The van der Waals surface area contributed by atoms with E-state index in [1.807, 2.05) is 31.2 Å². The first-order valence-corrected chi connectivity index (χ1v) is 10.3. The van der Waals surface area contributed by atoms with Gasteiger partial charge < -0.3 is 4.74 Å². The van der Waals surface area contributed by atoms with Crippen LogP contribution in [0.5, 0.6) is 5.75 Å². The number of amides is 2. The Balaban J connectivity index is 1.96. The van der Waals surface area contributed by atoms with E-state index in [9.17, 15) is 18.0 Å². The summed E-state index contributed by atoms with van der Waals surface area (Å²) >= 11 is 0. The fraction of sp³-hybridized carbons (Fsp3) is 0.300. The average molecular weight is 402 g/mol. The second-order valence-corrected chi connectivity index (χ2v) is 8.37. The molecule has 2 amide bonds. The van der Waals surface area contributed by atoms with Crippen molar-refractivity contribution in [3.05, 3.63) is 53.6 Å². The van der Waals surface area contributed by atoms with Gasteiger partial charge in [0.2, 0.25) is 21.8 Å². The van der Waals surface area contributed by atoms with Crippen LogP contribution in [0.3, 0.4) is 0 Å². The Labute approximate surface area is 164 Å². The van der Waals surface area contributed by atoms with Crippen LogP contribution >= 0.6 is 0 Å². The van der Waals surface area contributed by atoms with Gasteiger partial charge in [-0.25, -0.2) is 18.0 Å². The minimum Gasteiger partial charge on any atom is -0.495 e. The summed E-state index contributed by atoms with van der Waals surface area (Å²) in [6, 6.07) is 11.2. The second kappa shape index (κ2) is 7.73. The van der Waals surface area contributed by atoms with Gasteiger partial charge in [0.25, 0.3) is 0 Å². The van der Waals surface area contributed by atoms with Gasteiger partial charge in [-0.1, -0.05) is 24.3 Å². The summed E-state index contributed by atoms with van der Waals surface area (Å²) in [4.78, 5) is 25.1. The molecule has 0 bridgehead atoms. The molecule has 2 aromatic carbocycles. The van der Waals surface area contributed by atoms with E-state index >= 15 is 0 Å². The number of aryl methyl sites for hydroxylation is 1. The van der Waals surface area contributed by atoms with E-state index < -0.39 is 16.1 Å². The molecule has 148 valence electrons. The van der Waals surface area contributed by atoms with Gasteiger partial charge in [-0.05, 0) is 43.2 Å². The molecule has 0 unspecified atom stereocenters. The quantitative estimate of drug-likeness (QED) is 0.750. The summed E-state index contributed by atoms with van der Waals surface area (Å²) in [5, 5.41) is 0. The van der Waals surface area contributed by atoms with Crippen molar-refractivity contribution in [3.63, 3.8) is 0 Å². The van der Waals surface area contributed by atoms with Crippen molar-refractivity contribution in [3.8, 4) is 5.75 Å². The molecular formula is C20H22N2O5S. The maximum Gasteiger partial charge on any atom is 0.241 e. The average Bonchev–Trinajstić information content (AvgIpc) is 2.99. The van der Waals surface area contributed by atoms with E-state index in [0.717, 1.165) is 16.0 Å². The maximum atomic E-state index is 12.9. The third kappa shape index (κ3) is 3.79. The van der Waals surface area contributed by atoms with Crippen molar-refractivity contribution < 1.29 is 22.7 Å². The van der Waals surface area contributed by atoms with Crippen LogP contribution in [0.1, 0.15) is 36.9 Å². The Bertz CT molecular complexity index is 1020. The molecule has 1 fully saturated rings. The molecule has 8 heteroatoms. The molecule has 0 saturated carbocycles. The number of methoxy groups -OCH3 is 1. The molecule has 0 spiro atoms. The van der Waals surface area contributed by atoms with Gasteiger partial charge in [-0.2, -0.15) is 0 Å². The molecule has 3 rings (SSSR count). The number of nitrogens with zero attached hydrogens (tertiary/aromatic N) is 1. The zero-order valence-electron chi connectivity index (χ0n) is 15.9. The Morgan fingerprint density at radius 1 is 1.07 bits per heavy atom. The number of nitrogens with one attached hydrogen (secondary N) is 1. The van der Waals surface area contributed by atoms with Crippen molar-refractivity contribution >= 4 is 27.5 Å². The number of carbonyl (C=O) groups is 2. The molecule has 7 nitrogen and oxygen atoms in total. The van der Waals surface area contributed by atoms with Crippen LogP contribution in [0.15, 0.2) is 47.4 Å². The van der Waals surface area contributed by atoms with Crippen LogP contribution in [0.2, 0.25) is 0 Å². The molecule has 1 saturated heterocycles. The predicted octanol–water partition coefficient (Wildman–Crippen LogP) is 2.70. The van der Waals surface area contributed by atoms with E-state index in [1.165, 1.54) is 25.3 Å². The molecular weight excluding hydrogens is 380 g/mol. The van der Waals surface area contributed by atoms with Crippen LogP contribution in [0.4, 0.5) is 5.69 Å². The highest BCUT2D eigenvalue weighted by molar-refractivity contribution is 7.89. The van der Waals surface area contributed by atoms with Gasteiger partial charge in [-0.3, -0.25) is 9.59 Å². The third-order valence-corrected chi connectivity index (χ3v) is 6.28. The molecule has 1 aliphatic heterocycles. The summed E-state index contributed by atoms with van der Waals surface area (Å²) < 4.78 is 33.7. The van der Waals surface area contributed by atoms with E-state index in [2.05, 4.69) is 4.72 Å². The summed E-state index contributed by atoms with van der Waals surface area (Å²) in [5.41, 5.74) is 1.98. The Kier molecular flexibility index (Phi) is 5.53. The molecule has 1 aliphatic rings. The van der Waals surface area contributed by atoms with E-state index in [1.54, 1.807) is 6.92 Å². The van der Waals surface area contributed by atoms with Gasteiger partial charge in [0, 0.05) is 18.9 Å². The first kappa shape index (κ1) is 20.0. The zero-order valence-corrected chi connectivity index (χ0v) is 16.7. The number of benzene rings is 2. The van der Waals surface area contributed by atoms with Gasteiger partial charge in [0.15, 0.2) is 0 Å². The Morgan fingerprint density at radius 3 is 2.32 bits per heavy atom. The van der Waals surface area contributed by atoms with Crippen molar-refractivity contribution in [2.75, 3.05) is 12.0 Å². The molecule has 0 aliphatic carbocycles. The smallest absolute Gasteiger partial charge is 0.241 e. The number of imide groups is 1. The van der Waals surface area contributed by atoms with E-state index in [0.29, 0.717) is 0 Å². The van der Waals surface area contributed by atoms with Crippen molar-refractivity contribution in [2.45, 2.75) is 37.6 Å². The largest absolute Gasteiger partial charge is 0.495 e. The standard InChI is InChI=1S/C20H22N2O5S/c1-13-6-4-5-7-16(13)14(2)21-28(25,26)15-8-9-18(27-3)17(12-15)22-19(23)10-11-20(22)24/h4-9,12,14,21H,10-11H2,1-3H3/t14-/m0/s1. The highest BCUT2D eigenvalue weighted by atomic mass is 32.2. The monoisotopic (exact) mass is 402 g/mol. The highest BCUT2D eigenvalue weighted by Crippen LogP contribution is 2.34. The minimum absolute atomic E-state index is 0.0452. The number of carbonyl (C=O) groups excluding carboxylic acids is 2. The lowest BCUT2D eigenvalue weighted by Crippen LogP contribution is -2.30. The number of anilines is 1. The maximum absolute atomic E-state index is 12.9. The topological polar surface area (TPSA) is 92.8 Å². The molecule has 1 N–H and O–H groups in total. The lowest BCUT2D eigenvalue weighted by Gasteiger charge is -2.20. The fourth-order valence-corrected chi connectivity index (χ4v) is 4.54. The van der Waals surface area contributed by atoms with Crippen molar-refractivity contribution in [2.24, 2.45) is 0 Å². The van der Waals surface area contributed by atoms with Crippen LogP contribution < -0.4 is 14.4 Å². The summed E-state index contributed by atoms with van der Waals surface area (Å²) in [6.45, 7) is 3.67. The molecule has 1 atom stereocenters. The lowest BCUT2D eigenvalue weighted by atomic mass is 10.0. The van der Waals surface area contributed by atoms with Crippen LogP contribution in [-0.4, -0.2) is 27.3 Å². The number of ether oxygens (including phenoxy) is 1.